The van der Waals surface area contributed by atoms with Crippen LogP contribution in [0.2, 0.25) is 0 Å². The maximum atomic E-state index is 5.99. The lowest BCUT2D eigenvalue weighted by Gasteiger charge is -2.40. The third-order valence-corrected chi connectivity index (χ3v) is 4.81. The van der Waals surface area contributed by atoms with Crippen LogP contribution in [0.1, 0.15) is 46.0 Å². The van der Waals surface area contributed by atoms with E-state index in [9.17, 15) is 0 Å². The van der Waals surface area contributed by atoms with Gasteiger partial charge < -0.3 is 9.64 Å². The first kappa shape index (κ1) is 12.4. The lowest BCUT2D eigenvalue weighted by atomic mass is 9.69. The Balaban J connectivity index is 0.000000457. The van der Waals surface area contributed by atoms with E-state index in [1.54, 1.807) is 0 Å². The normalized spacial score (nSPS) is 36.9. The number of rotatable bonds is 0. The maximum absolute atomic E-state index is 5.99. The van der Waals surface area contributed by atoms with Gasteiger partial charge in [0.15, 0.2) is 0 Å². The van der Waals surface area contributed by atoms with Crippen molar-refractivity contribution < 1.29 is 4.74 Å². The molecule has 0 amide bonds. The molecule has 1 saturated carbocycles. The topological polar surface area (TPSA) is 12.5 Å². The lowest BCUT2D eigenvalue weighted by molar-refractivity contribution is 0.0626. The van der Waals surface area contributed by atoms with Crippen LogP contribution in [0.15, 0.2) is 0 Å². The van der Waals surface area contributed by atoms with Crippen LogP contribution in [0.3, 0.4) is 0 Å². The van der Waals surface area contributed by atoms with Crippen molar-refractivity contribution in [2.24, 2.45) is 11.3 Å². The fraction of sp³-hybridized carbons (Fsp3) is 1.00. The first-order chi connectivity index (χ1) is 7.80. The summed E-state index contributed by atoms with van der Waals surface area (Å²) in [5.41, 5.74) is 0.591. The summed E-state index contributed by atoms with van der Waals surface area (Å²) in [7, 11) is 2.24. The molecule has 2 nitrogen and oxygen atoms in total. The Bertz CT molecular complexity index is 221. The van der Waals surface area contributed by atoms with Crippen LogP contribution in [0, 0.1) is 11.3 Å². The largest absolute Gasteiger partial charge is 0.377 e. The number of fused-ring (bicyclic) bond motifs is 2. The molecule has 2 atom stereocenters. The Hall–Kier alpha value is -0.0800. The third kappa shape index (κ3) is 2.02. The van der Waals surface area contributed by atoms with Gasteiger partial charge in [0, 0.05) is 5.41 Å². The molecule has 16 heavy (non-hydrogen) atoms. The smallest absolute Gasteiger partial charge is 0.0609 e. The highest BCUT2D eigenvalue weighted by atomic mass is 16.5. The maximum Gasteiger partial charge on any atom is 0.0609 e. The van der Waals surface area contributed by atoms with Gasteiger partial charge in [0.05, 0.1) is 12.7 Å². The Labute approximate surface area is 100 Å². The molecule has 2 saturated heterocycles. The molecule has 2 heteroatoms. The van der Waals surface area contributed by atoms with Crippen LogP contribution >= 0.6 is 0 Å². The Morgan fingerprint density at radius 1 is 1.12 bits per heavy atom. The quantitative estimate of drug-likeness (QED) is 0.628. The van der Waals surface area contributed by atoms with Gasteiger partial charge in [-0.1, -0.05) is 20.3 Å². The van der Waals surface area contributed by atoms with E-state index in [0.29, 0.717) is 11.5 Å². The van der Waals surface area contributed by atoms with Crippen molar-refractivity contribution >= 4 is 0 Å². The summed E-state index contributed by atoms with van der Waals surface area (Å²) >= 11 is 0. The number of ether oxygens (including phenoxy) is 1. The molecule has 0 aromatic carbocycles. The zero-order chi connectivity index (χ0) is 11.6. The molecule has 0 N–H and O–H groups in total. The van der Waals surface area contributed by atoms with Gasteiger partial charge in [-0.25, -0.2) is 0 Å². The van der Waals surface area contributed by atoms with E-state index < -0.39 is 0 Å². The third-order valence-electron chi connectivity index (χ3n) is 4.81. The second-order valence-corrected chi connectivity index (χ2v) is 5.55. The molecule has 1 aliphatic carbocycles. The second kappa shape index (κ2) is 5.05. The molecule has 94 valence electrons. The molecule has 0 aromatic rings. The van der Waals surface area contributed by atoms with E-state index >= 15 is 0 Å². The first-order valence-electron chi connectivity index (χ1n) is 7.10. The van der Waals surface area contributed by atoms with Crippen molar-refractivity contribution in [2.45, 2.75) is 52.1 Å². The standard InChI is InChI=1S/C12H21NO.C2H6/c1-13-7-5-12(6-8-13)9-14-11-4-2-3-10(11)12;1-2/h10-11H,2-9H2,1H3;1-2H3. The van der Waals surface area contributed by atoms with E-state index in [0.717, 1.165) is 12.5 Å². The molecular formula is C14H27NO. The fourth-order valence-electron chi connectivity index (χ4n) is 3.79. The Kier molecular flexibility index (Phi) is 3.91. The van der Waals surface area contributed by atoms with Gasteiger partial charge in [-0.3, -0.25) is 0 Å². The van der Waals surface area contributed by atoms with Gasteiger partial charge in [-0.15, -0.1) is 0 Å². The van der Waals surface area contributed by atoms with Gasteiger partial charge in [-0.05, 0) is 51.7 Å². The van der Waals surface area contributed by atoms with Crippen LogP contribution in [0.5, 0.6) is 0 Å². The predicted molar refractivity (Wildman–Crippen MR) is 67.6 cm³/mol. The lowest BCUT2D eigenvalue weighted by Crippen LogP contribution is -2.42. The second-order valence-electron chi connectivity index (χ2n) is 5.55. The average Bonchev–Trinajstić information content (AvgIpc) is 2.90. The molecule has 2 heterocycles. The van der Waals surface area contributed by atoms with E-state index in [2.05, 4.69) is 11.9 Å². The summed E-state index contributed by atoms with van der Waals surface area (Å²) in [6.45, 7) is 7.63. The molecule has 0 bridgehead atoms. The molecule has 0 aromatic heterocycles. The molecule has 1 spiro atoms. The number of hydrogen-bond donors (Lipinski definition) is 0. The SMILES string of the molecule is CC.CN1CCC2(CC1)COC1CCCC12. The minimum Gasteiger partial charge on any atom is -0.377 e. The predicted octanol–water partition coefficient (Wildman–Crippen LogP) is 2.92. The highest BCUT2D eigenvalue weighted by Gasteiger charge is 2.51. The zero-order valence-electron chi connectivity index (χ0n) is 11.2. The molecule has 3 rings (SSSR count). The fourth-order valence-corrected chi connectivity index (χ4v) is 3.79. The van der Waals surface area contributed by atoms with E-state index in [1.807, 2.05) is 13.8 Å². The minimum atomic E-state index is 0.591. The van der Waals surface area contributed by atoms with Crippen molar-refractivity contribution in [3.8, 4) is 0 Å². The molecule has 2 aliphatic heterocycles. The first-order valence-corrected chi connectivity index (χ1v) is 7.10. The van der Waals surface area contributed by atoms with Gasteiger partial charge >= 0.3 is 0 Å². The summed E-state index contributed by atoms with van der Waals surface area (Å²) < 4.78 is 5.99. The van der Waals surface area contributed by atoms with Crippen LogP contribution in [-0.2, 0) is 4.74 Å². The number of likely N-dealkylation sites (tertiary alicyclic amines) is 1. The number of hydrogen-bond acceptors (Lipinski definition) is 2. The van der Waals surface area contributed by atoms with Crippen LogP contribution in [0.25, 0.3) is 0 Å². The highest BCUT2D eigenvalue weighted by Crippen LogP contribution is 2.52. The van der Waals surface area contributed by atoms with Crippen molar-refractivity contribution in [2.75, 3.05) is 26.7 Å². The minimum absolute atomic E-state index is 0.591. The van der Waals surface area contributed by atoms with Crippen LogP contribution < -0.4 is 0 Å². The van der Waals surface area contributed by atoms with Crippen molar-refractivity contribution in [3.63, 3.8) is 0 Å². The van der Waals surface area contributed by atoms with E-state index in [1.165, 1.54) is 45.2 Å². The van der Waals surface area contributed by atoms with Gasteiger partial charge in [0.25, 0.3) is 0 Å². The van der Waals surface area contributed by atoms with E-state index in [4.69, 9.17) is 4.74 Å². The molecule has 0 radical (unpaired) electrons. The highest BCUT2D eigenvalue weighted by molar-refractivity contribution is 5.00. The van der Waals surface area contributed by atoms with Crippen molar-refractivity contribution in [1.29, 1.82) is 0 Å². The van der Waals surface area contributed by atoms with E-state index in [-0.39, 0.29) is 0 Å². The summed E-state index contributed by atoms with van der Waals surface area (Å²) in [6.07, 6.45) is 7.58. The summed E-state index contributed by atoms with van der Waals surface area (Å²) in [5, 5.41) is 0. The summed E-state index contributed by atoms with van der Waals surface area (Å²) in [6, 6.07) is 0. The van der Waals surface area contributed by atoms with Crippen LogP contribution in [-0.4, -0.2) is 37.7 Å². The van der Waals surface area contributed by atoms with Gasteiger partial charge in [0.2, 0.25) is 0 Å². The molecule has 3 aliphatic rings. The summed E-state index contributed by atoms with van der Waals surface area (Å²) in [4.78, 5) is 2.47. The van der Waals surface area contributed by atoms with Crippen LogP contribution in [0.4, 0.5) is 0 Å². The Morgan fingerprint density at radius 2 is 1.81 bits per heavy atom. The molecular weight excluding hydrogens is 198 g/mol. The number of nitrogens with zero attached hydrogens (tertiary/aromatic N) is 1. The van der Waals surface area contributed by atoms with Gasteiger partial charge in [-0.2, -0.15) is 0 Å². The molecule has 3 fully saturated rings. The van der Waals surface area contributed by atoms with Crippen molar-refractivity contribution in [3.05, 3.63) is 0 Å². The van der Waals surface area contributed by atoms with Gasteiger partial charge in [0.1, 0.15) is 0 Å². The number of piperidine rings is 1. The summed E-state index contributed by atoms with van der Waals surface area (Å²) in [5.74, 6) is 0.913. The van der Waals surface area contributed by atoms with Crippen molar-refractivity contribution in [1.82, 2.24) is 4.90 Å². The zero-order valence-corrected chi connectivity index (χ0v) is 11.2. The average molecular weight is 225 g/mol. The Morgan fingerprint density at radius 3 is 2.50 bits per heavy atom. The molecule has 2 unspecified atom stereocenters. The monoisotopic (exact) mass is 225 g/mol.